The third kappa shape index (κ3) is 4.14. The molecule has 0 amide bonds. The molecular weight excluding hydrogens is 249 g/mol. The normalized spacial score (nSPS) is 10.7. The number of rotatable bonds is 2. The Hall–Kier alpha value is -0.0400. The first-order valence-electron chi connectivity index (χ1n) is 3.36. The summed E-state index contributed by atoms with van der Waals surface area (Å²) in [6.45, 7) is -1.26. The molecule has 0 aliphatic rings. The summed E-state index contributed by atoms with van der Waals surface area (Å²) < 4.78 is 52.2. The molecule has 1 aromatic rings. The van der Waals surface area contributed by atoms with Crippen LogP contribution in [0.1, 0.15) is 6.99 Å². The molecule has 0 saturated heterocycles. The van der Waals surface area contributed by atoms with Gasteiger partial charge in [0, 0.05) is 6.20 Å². The Bertz CT molecular complexity index is 339. The monoisotopic (exact) mass is 253 g/mol. The molecule has 0 saturated carbocycles. The molecule has 1 aromatic heterocycles. The Balaban J connectivity index is 0. The zero-order valence-electron chi connectivity index (χ0n) is 8.61. The smallest absolute Gasteiger partial charge is 1.00 e. The van der Waals surface area contributed by atoms with E-state index in [-0.39, 0.29) is 36.1 Å². The topological polar surface area (TPSA) is 22.1 Å². The Labute approximate surface area is 111 Å². The zero-order chi connectivity index (χ0) is 10.8. The van der Waals surface area contributed by atoms with Gasteiger partial charge in [-0.2, -0.15) is 13.2 Å². The standard InChI is InChI=1S/C7H4ClF4NO.Na.H/c8-6-5(14-3-9)1-4(2-13-6)7(10,11)12;;/h1-2H,3H2;;/q;+1;-1. The van der Waals surface area contributed by atoms with Crippen molar-refractivity contribution in [1.82, 2.24) is 4.98 Å². The van der Waals surface area contributed by atoms with E-state index < -0.39 is 24.3 Å². The van der Waals surface area contributed by atoms with Gasteiger partial charge in [-0.3, -0.25) is 0 Å². The van der Waals surface area contributed by atoms with Crippen LogP contribution in [0.3, 0.4) is 0 Å². The van der Waals surface area contributed by atoms with Gasteiger partial charge in [0.05, 0.1) is 5.56 Å². The van der Waals surface area contributed by atoms with Gasteiger partial charge in [0.2, 0.25) is 6.86 Å². The SMILES string of the molecule is FCOc1cc(C(F)(F)F)cnc1Cl.[H-].[Na+]. The van der Waals surface area contributed by atoms with Gasteiger partial charge in [0.15, 0.2) is 10.9 Å². The van der Waals surface area contributed by atoms with Gasteiger partial charge in [-0.1, -0.05) is 11.6 Å². The number of hydrogen-bond donors (Lipinski definition) is 0. The first-order chi connectivity index (χ1) is 6.45. The van der Waals surface area contributed by atoms with Crippen molar-refractivity contribution in [2.45, 2.75) is 6.18 Å². The van der Waals surface area contributed by atoms with Crippen molar-refractivity contribution in [3.05, 3.63) is 23.0 Å². The number of alkyl halides is 4. The first kappa shape index (κ1) is 15.0. The van der Waals surface area contributed by atoms with E-state index in [2.05, 4.69) is 9.72 Å². The van der Waals surface area contributed by atoms with Crippen LogP contribution in [0.15, 0.2) is 12.3 Å². The maximum Gasteiger partial charge on any atom is 1.00 e. The molecule has 0 bridgehead atoms. The second-order valence-electron chi connectivity index (χ2n) is 2.26. The van der Waals surface area contributed by atoms with Crippen molar-refractivity contribution in [2.24, 2.45) is 0 Å². The van der Waals surface area contributed by atoms with Crippen LogP contribution in [0.5, 0.6) is 5.75 Å². The molecule has 15 heavy (non-hydrogen) atoms. The summed E-state index contributed by atoms with van der Waals surface area (Å²) in [6.07, 6.45) is -4.00. The van der Waals surface area contributed by atoms with Crippen LogP contribution in [-0.2, 0) is 6.18 Å². The molecule has 1 rings (SSSR count). The molecule has 0 aliphatic heterocycles. The van der Waals surface area contributed by atoms with Gasteiger partial charge in [0.1, 0.15) is 0 Å². The predicted octanol–water partition coefficient (Wildman–Crippen LogP) is 0.176. The average molecular weight is 254 g/mol. The van der Waals surface area contributed by atoms with Crippen LogP contribution in [0, 0.1) is 0 Å². The summed E-state index contributed by atoms with van der Waals surface area (Å²) in [4.78, 5) is 3.22. The van der Waals surface area contributed by atoms with Crippen molar-refractivity contribution < 1.29 is 53.3 Å². The Morgan fingerprint density at radius 3 is 2.53 bits per heavy atom. The molecule has 0 aliphatic carbocycles. The van der Waals surface area contributed by atoms with Crippen molar-refractivity contribution in [3.8, 4) is 5.75 Å². The number of hydrogen-bond acceptors (Lipinski definition) is 2. The molecule has 0 N–H and O–H groups in total. The maximum atomic E-state index is 12.1. The Morgan fingerprint density at radius 1 is 1.47 bits per heavy atom. The quantitative estimate of drug-likeness (QED) is 0.426. The summed E-state index contributed by atoms with van der Waals surface area (Å²) in [7, 11) is 0. The van der Waals surface area contributed by atoms with Crippen molar-refractivity contribution in [3.63, 3.8) is 0 Å². The van der Waals surface area contributed by atoms with E-state index in [1.807, 2.05) is 0 Å². The number of ether oxygens (including phenoxy) is 1. The molecule has 1 heterocycles. The second-order valence-corrected chi connectivity index (χ2v) is 2.62. The zero-order valence-corrected chi connectivity index (χ0v) is 10.4. The Morgan fingerprint density at radius 2 is 2.07 bits per heavy atom. The van der Waals surface area contributed by atoms with Crippen LogP contribution in [-0.4, -0.2) is 11.8 Å². The number of halogens is 5. The van der Waals surface area contributed by atoms with Crippen LogP contribution in [0.25, 0.3) is 0 Å². The third-order valence-electron chi connectivity index (χ3n) is 1.34. The van der Waals surface area contributed by atoms with E-state index in [4.69, 9.17) is 11.6 Å². The largest absolute Gasteiger partial charge is 1.00 e. The fraction of sp³-hybridized carbons (Fsp3) is 0.286. The van der Waals surface area contributed by atoms with Gasteiger partial charge < -0.3 is 6.16 Å². The van der Waals surface area contributed by atoms with Gasteiger partial charge >= 0.3 is 35.7 Å². The fourth-order valence-electron chi connectivity index (χ4n) is 0.743. The molecule has 0 atom stereocenters. The molecule has 0 aromatic carbocycles. The summed E-state index contributed by atoms with van der Waals surface area (Å²) in [6, 6.07) is 0.592. The third-order valence-corrected chi connectivity index (χ3v) is 1.63. The van der Waals surface area contributed by atoms with Gasteiger partial charge in [-0.05, 0) is 6.07 Å². The minimum atomic E-state index is -4.55. The van der Waals surface area contributed by atoms with E-state index in [1.54, 1.807) is 0 Å². The van der Waals surface area contributed by atoms with Crippen molar-refractivity contribution in [1.29, 1.82) is 0 Å². The summed E-state index contributed by atoms with van der Waals surface area (Å²) >= 11 is 5.35. The van der Waals surface area contributed by atoms with Crippen LogP contribution in [0.4, 0.5) is 17.6 Å². The van der Waals surface area contributed by atoms with E-state index in [1.165, 1.54) is 0 Å². The number of pyridine rings is 1. The van der Waals surface area contributed by atoms with Crippen LogP contribution < -0.4 is 34.3 Å². The molecular formula is C7H5ClF4NNaO. The Kier molecular flexibility index (Phi) is 5.87. The molecule has 0 fully saturated rings. The fourth-order valence-corrected chi connectivity index (χ4v) is 0.901. The van der Waals surface area contributed by atoms with Gasteiger partial charge in [0.25, 0.3) is 0 Å². The van der Waals surface area contributed by atoms with Gasteiger partial charge in [-0.15, -0.1) is 0 Å². The second kappa shape index (κ2) is 5.89. The number of aromatic nitrogens is 1. The van der Waals surface area contributed by atoms with Crippen LogP contribution >= 0.6 is 11.6 Å². The van der Waals surface area contributed by atoms with Crippen LogP contribution in [0.2, 0.25) is 5.15 Å². The predicted molar refractivity (Wildman–Crippen MR) is 42.0 cm³/mol. The van der Waals surface area contributed by atoms with E-state index in [9.17, 15) is 17.6 Å². The first-order valence-corrected chi connectivity index (χ1v) is 3.74. The van der Waals surface area contributed by atoms with Crippen molar-refractivity contribution >= 4 is 11.6 Å². The van der Waals surface area contributed by atoms with E-state index in [0.29, 0.717) is 12.3 Å². The minimum absolute atomic E-state index is 0. The molecule has 0 spiro atoms. The van der Waals surface area contributed by atoms with Crippen molar-refractivity contribution in [2.75, 3.05) is 6.86 Å². The maximum absolute atomic E-state index is 12.1. The molecule has 0 radical (unpaired) electrons. The van der Waals surface area contributed by atoms with E-state index >= 15 is 0 Å². The van der Waals surface area contributed by atoms with Gasteiger partial charge in [-0.25, -0.2) is 9.37 Å². The molecule has 2 nitrogen and oxygen atoms in total. The minimum Gasteiger partial charge on any atom is -1.00 e. The summed E-state index contributed by atoms with van der Waals surface area (Å²) in [5.74, 6) is -0.427. The summed E-state index contributed by atoms with van der Waals surface area (Å²) in [5, 5.41) is -0.310. The summed E-state index contributed by atoms with van der Waals surface area (Å²) in [5.41, 5.74) is -1.04. The molecule has 80 valence electrons. The average Bonchev–Trinajstić information content (AvgIpc) is 2.07. The number of nitrogens with zero attached hydrogens (tertiary/aromatic N) is 1. The molecule has 0 unspecified atom stereocenters. The van der Waals surface area contributed by atoms with E-state index in [0.717, 1.165) is 0 Å². The molecule has 8 heteroatoms.